The van der Waals surface area contributed by atoms with Crippen LogP contribution in [0.1, 0.15) is 39.4 Å². The molecule has 0 aliphatic heterocycles. The lowest BCUT2D eigenvalue weighted by molar-refractivity contribution is -0.111. The molecular formula is C27H33N9O4. The number of methoxy groups -OCH3 is 1. The number of ether oxygens (including phenoxy) is 1. The molecule has 1 aromatic carbocycles. The number of nitrogens with zero attached hydrogens (tertiary/aromatic N) is 6. The standard InChI is InChI=1S/C27H33N9O4/c1-6-23(38)30-16-14-17(21(40-5)15-19(16)35(4)13-12-34(2)3)31-27-29-11-10-22(32-27)36-18-8-7-9-20(37)24(18)25(33-36)26(28)39/h6,10-11,14-15H,1,7-9,12-13H2,2-5H3,(H2,28,39)(H,30,38)(H,29,31,32). The van der Waals surface area contributed by atoms with Gasteiger partial charge in [-0.05, 0) is 39.1 Å². The Morgan fingerprint density at radius 3 is 2.65 bits per heavy atom. The van der Waals surface area contributed by atoms with Gasteiger partial charge in [0.15, 0.2) is 17.3 Å². The van der Waals surface area contributed by atoms with E-state index < -0.39 is 5.91 Å². The van der Waals surface area contributed by atoms with Crippen LogP contribution in [-0.2, 0) is 11.2 Å². The van der Waals surface area contributed by atoms with Crippen LogP contribution < -0.4 is 26.0 Å². The van der Waals surface area contributed by atoms with E-state index >= 15 is 0 Å². The molecule has 1 aliphatic carbocycles. The molecule has 2 heterocycles. The molecule has 0 saturated carbocycles. The number of nitrogens with two attached hydrogens (primary N) is 1. The molecule has 0 saturated heterocycles. The van der Waals surface area contributed by atoms with Gasteiger partial charge in [0.25, 0.3) is 5.91 Å². The van der Waals surface area contributed by atoms with E-state index in [9.17, 15) is 14.4 Å². The Kier molecular flexibility index (Phi) is 8.43. The van der Waals surface area contributed by atoms with Gasteiger partial charge in [0.1, 0.15) is 5.75 Å². The summed E-state index contributed by atoms with van der Waals surface area (Å²) in [4.78, 5) is 49.8. The van der Waals surface area contributed by atoms with Gasteiger partial charge < -0.3 is 30.9 Å². The molecule has 0 bridgehead atoms. The summed E-state index contributed by atoms with van der Waals surface area (Å²) >= 11 is 0. The van der Waals surface area contributed by atoms with Crippen molar-refractivity contribution < 1.29 is 19.1 Å². The Morgan fingerprint density at radius 2 is 1.98 bits per heavy atom. The van der Waals surface area contributed by atoms with Crippen LogP contribution in [0.25, 0.3) is 5.82 Å². The van der Waals surface area contributed by atoms with E-state index in [-0.39, 0.29) is 28.9 Å². The van der Waals surface area contributed by atoms with Gasteiger partial charge in [-0.25, -0.2) is 9.67 Å². The first-order valence-electron chi connectivity index (χ1n) is 12.7. The summed E-state index contributed by atoms with van der Waals surface area (Å²) in [6.45, 7) is 5.05. The van der Waals surface area contributed by atoms with Gasteiger partial charge in [0.2, 0.25) is 11.9 Å². The lowest BCUT2D eigenvalue weighted by atomic mass is 9.94. The van der Waals surface area contributed by atoms with Crippen molar-refractivity contribution in [2.75, 3.05) is 56.9 Å². The maximum absolute atomic E-state index is 12.6. The molecular weight excluding hydrogens is 514 g/mol. The molecule has 0 atom stereocenters. The van der Waals surface area contributed by atoms with Crippen LogP contribution in [0.2, 0.25) is 0 Å². The van der Waals surface area contributed by atoms with Gasteiger partial charge in [-0.15, -0.1) is 0 Å². The number of primary amides is 1. The topological polar surface area (TPSA) is 161 Å². The van der Waals surface area contributed by atoms with E-state index in [1.165, 1.54) is 17.0 Å². The first-order valence-corrected chi connectivity index (χ1v) is 12.7. The maximum atomic E-state index is 12.6. The highest BCUT2D eigenvalue weighted by Crippen LogP contribution is 2.38. The zero-order valence-corrected chi connectivity index (χ0v) is 23.0. The number of rotatable bonds is 11. The first-order chi connectivity index (χ1) is 19.1. The van der Waals surface area contributed by atoms with Crippen LogP contribution in [-0.4, -0.2) is 83.6 Å². The van der Waals surface area contributed by atoms with Crippen molar-refractivity contribution >= 4 is 40.6 Å². The van der Waals surface area contributed by atoms with Gasteiger partial charge >= 0.3 is 0 Å². The summed E-state index contributed by atoms with van der Waals surface area (Å²) in [5, 5.41) is 10.3. The maximum Gasteiger partial charge on any atom is 0.269 e. The van der Waals surface area contributed by atoms with Crippen molar-refractivity contribution in [1.29, 1.82) is 0 Å². The fourth-order valence-corrected chi connectivity index (χ4v) is 4.43. The Morgan fingerprint density at radius 1 is 1.20 bits per heavy atom. The molecule has 1 aliphatic rings. The minimum absolute atomic E-state index is 0.0638. The minimum atomic E-state index is -0.771. The van der Waals surface area contributed by atoms with Gasteiger partial charge in [0, 0.05) is 44.9 Å². The second-order valence-electron chi connectivity index (χ2n) is 9.57. The molecule has 40 heavy (non-hydrogen) atoms. The predicted octanol–water partition coefficient (Wildman–Crippen LogP) is 2.15. The average Bonchev–Trinajstić information content (AvgIpc) is 3.33. The van der Waals surface area contributed by atoms with Crippen LogP contribution in [0, 0.1) is 0 Å². The molecule has 0 fully saturated rings. The number of nitrogens with one attached hydrogen (secondary N) is 2. The molecule has 3 aromatic rings. The molecule has 13 nitrogen and oxygen atoms in total. The summed E-state index contributed by atoms with van der Waals surface area (Å²) in [6.07, 6.45) is 4.25. The van der Waals surface area contributed by atoms with Gasteiger partial charge in [-0.3, -0.25) is 14.4 Å². The van der Waals surface area contributed by atoms with Crippen molar-refractivity contribution in [2.24, 2.45) is 5.73 Å². The monoisotopic (exact) mass is 547 g/mol. The predicted molar refractivity (Wildman–Crippen MR) is 152 cm³/mol. The summed E-state index contributed by atoms with van der Waals surface area (Å²) in [5.74, 6) is -0.238. The number of hydrogen-bond acceptors (Lipinski definition) is 10. The number of ketones is 1. The van der Waals surface area contributed by atoms with Crippen molar-refractivity contribution in [3.8, 4) is 11.6 Å². The Hall–Kier alpha value is -4.78. The second kappa shape index (κ2) is 11.9. The number of fused-ring (bicyclic) bond motifs is 1. The van der Waals surface area contributed by atoms with Gasteiger partial charge in [0.05, 0.1) is 35.4 Å². The molecule has 4 N–H and O–H groups in total. The highest BCUT2D eigenvalue weighted by molar-refractivity contribution is 6.08. The number of aromatic nitrogens is 4. The number of likely N-dealkylation sites (N-methyl/N-ethyl adjacent to an activating group) is 2. The number of carbonyl (C=O) groups is 3. The van der Waals surface area contributed by atoms with E-state index in [1.807, 2.05) is 32.1 Å². The second-order valence-corrected chi connectivity index (χ2v) is 9.57. The highest BCUT2D eigenvalue weighted by Gasteiger charge is 2.30. The van der Waals surface area contributed by atoms with Crippen molar-refractivity contribution in [3.05, 3.63) is 54.0 Å². The van der Waals surface area contributed by atoms with Crippen LogP contribution in [0.3, 0.4) is 0 Å². The van der Waals surface area contributed by atoms with Crippen LogP contribution in [0.5, 0.6) is 5.75 Å². The molecule has 13 heteroatoms. The quantitative estimate of drug-likeness (QED) is 0.303. The molecule has 210 valence electrons. The Bertz CT molecular complexity index is 1460. The Balaban J connectivity index is 1.72. The summed E-state index contributed by atoms with van der Waals surface area (Å²) in [7, 11) is 7.45. The molecule has 2 aromatic heterocycles. The number of amides is 2. The summed E-state index contributed by atoms with van der Waals surface area (Å²) in [6, 6.07) is 5.17. The molecule has 0 unspecified atom stereocenters. The van der Waals surface area contributed by atoms with E-state index in [0.29, 0.717) is 54.4 Å². The molecule has 2 amide bonds. The third kappa shape index (κ3) is 5.94. The largest absolute Gasteiger partial charge is 0.494 e. The highest BCUT2D eigenvalue weighted by atomic mass is 16.5. The molecule has 0 spiro atoms. The summed E-state index contributed by atoms with van der Waals surface area (Å²) in [5.41, 5.74) is 8.08. The normalized spacial score (nSPS) is 12.6. The number of benzene rings is 1. The smallest absolute Gasteiger partial charge is 0.269 e. The van der Waals surface area contributed by atoms with Crippen molar-refractivity contribution in [3.63, 3.8) is 0 Å². The Labute approximate surface area is 232 Å². The SMILES string of the molecule is C=CC(=O)Nc1cc(Nc2nccc(-n3nc(C(N)=O)c4c3CCCC4=O)n2)c(OC)cc1N(C)CCN(C)C. The molecule has 0 radical (unpaired) electrons. The van der Waals surface area contributed by atoms with Crippen molar-refractivity contribution in [1.82, 2.24) is 24.6 Å². The fraction of sp³-hybridized carbons (Fsp3) is 0.333. The van der Waals surface area contributed by atoms with Crippen molar-refractivity contribution in [2.45, 2.75) is 19.3 Å². The van der Waals surface area contributed by atoms with Crippen LogP contribution in [0.4, 0.5) is 23.0 Å². The van der Waals surface area contributed by atoms with E-state index in [0.717, 1.165) is 12.2 Å². The lowest BCUT2D eigenvalue weighted by Gasteiger charge is -2.26. The fourth-order valence-electron chi connectivity index (χ4n) is 4.43. The zero-order chi connectivity index (χ0) is 29.0. The van der Waals surface area contributed by atoms with E-state index in [2.05, 4.69) is 37.2 Å². The minimum Gasteiger partial charge on any atom is -0.494 e. The number of carbonyl (C=O) groups excluding carboxylic acids is 3. The number of anilines is 4. The third-order valence-corrected chi connectivity index (χ3v) is 6.47. The lowest BCUT2D eigenvalue weighted by Crippen LogP contribution is -2.29. The zero-order valence-electron chi connectivity index (χ0n) is 23.0. The van der Waals surface area contributed by atoms with Crippen LogP contribution in [0.15, 0.2) is 37.1 Å². The third-order valence-electron chi connectivity index (χ3n) is 6.47. The molecule has 4 rings (SSSR count). The number of hydrogen-bond donors (Lipinski definition) is 3. The van der Waals surface area contributed by atoms with E-state index in [4.69, 9.17) is 10.5 Å². The van der Waals surface area contributed by atoms with E-state index in [1.54, 1.807) is 19.2 Å². The summed E-state index contributed by atoms with van der Waals surface area (Å²) < 4.78 is 7.12. The average molecular weight is 548 g/mol. The van der Waals surface area contributed by atoms with Crippen LogP contribution >= 0.6 is 0 Å². The first kappa shape index (κ1) is 28.2. The van der Waals surface area contributed by atoms with Gasteiger partial charge in [-0.2, -0.15) is 10.1 Å². The number of Topliss-reactive ketones (excluding diaryl/α,β-unsaturated/α-hetero) is 1. The van der Waals surface area contributed by atoms with Gasteiger partial charge in [-0.1, -0.05) is 6.58 Å².